The van der Waals surface area contributed by atoms with E-state index in [-0.39, 0.29) is 12.8 Å². The lowest BCUT2D eigenvalue weighted by atomic mass is 9.85. The standard InChI is InChI=1S/C50H93O13P/c1-3-5-7-9-11-13-15-17-18-19-20-21-22-23-24-25-26-27-29-31-33-35-37-39-44(52)62-42(40-60-43(51)38-36-34-32-30-28-16-14-12-10-8-6-4-2)41-61-64(58,59)63-50-48(56)46(54)45(53)47(55)49(50)57/h12,14,19-20,42,45-50,53-57H,3-11,13,15-18,21-41H2,1-2H3,(H,58,59)/b14-12-,20-19-. The molecular formula is C50H93O13P. The van der Waals surface area contributed by atoms with E-state index in [1.165, 1.54) is 122 Å². The van der Waals surface area contributed by atoms with E-state index in [1.54, 1.807) is 0 Å². The first-order valence-corrected chi connectivity index (χ1v) is 27.1. The minimum Gasteiger partial charge on any atom is -0.462 e. The number of allylic oxidation sites excluding steroid dienone is 4. The molecule has 0 aromatic heterocycles. The SMILES string of the molecule is CCCCC/C=C\CCCCCCCC(=O)OCC(COP(=O)(O)OC1C(O)C(O)C(O)C(O)C1O)OC(=O)CCCCCCCCCCCCC/C=C\CCCCCCCCCC. The van der Waals surface area contributed by atoms with Crippen LogP contribution in [0.15, 0.2) is 24.3 Å². The largest absolute Gasteiger partial charge is 0.472 e. The summed E-state index contributed by atoms with van der Waals surface area (Å²) in [4.78, 5) is 35.8. The minimum absolute atomic E-state index is 0.0966. The van der Waals surface area contributed by atoms with Gasteiger partial charge in [-0.15, -0.1) is 0 Å². The van der Waals surface area contributed by atoms with E-state index in [0.717, 1.165) is 64.2 Å². The van der Waals surface area contributed by atoms with Crippen molar-refractivity contribution in [2.75, 3.05) is 13.2 Å². The van der Waals surface area contributed by atoms with Gasteiger partial charge in [0.2, 0.25) is 0 Å². The Kier molecular flexibility index (Phi) is 38.1. The van der Waals surface area contributed by atoms with Crippen LogP contribution in [0.5, 0.6) is 0 Å². The summed E-state index contributed by atoms with van der Waals surface area (Å²) < 4.78 is 33.6. The second-order valence-corrected chi connectivity index (χ2v) is 19.4. The summed E-state index contributed by atoms with van der Waals surface area (Å²) in [5, 5.41) is 50.2. The fourth-order valence-corrected chi connectivity index (χ4v) is 8.84. The van der Waals surface area contributed by atoms with Gasteiger partial charge in [-0.05, 0) is 64.2 Å². The van der Waals surface area contributed by atoms with Gasteiger partial charge in [-0.25, -0.2) is 4.57 Å². The van der Waals surface area contributed by atoms with Crippen LogP contribution in [-0.4, -0.2) is 98.3 Å². The van der Waals surface area contributed by atoms with Crippen LogP contribution < -0.4 is 0 Å². The fourth-order valence-electron chi connectivity index (χ4n) is 7.87. The van der Waals surface area contributed by atoms with Crippen molar-refractivity contribution in [3.63, 3.8) is 0 Å². The van der Waals surface area contributed by atoms with Crippen molar-refractivity contribution in [3.05, 3.63) is 24.3 Å². The van der Waals surface area contributed by atoms with Gasteiger partial charge in [0, 0.05) is 12.8 Å². The van der Waals surface area contributed by atoms with Crippen molar-refractivity contribution in [1.29, 1.82) is 0 Å². The van der Waals surface area contributed by atoms with Crippen LogP contribution in [0.4, 0.5) is 0 Å². The molecule has 1 saturated carbocycles. The molecule has 0 bridgehead atoms. The number of phosphoric acid groups is 1. The summed E-state index contributed by atoms with van der Waals surface area (Å²) in [6, 6.07) is 0. The van der Waals surface area contributed by atoms with Gasteiger partial charge in [-0.3, -0.25) is 18.6 Å². The maximum atomic E-state index is 12.8. The first-order chi connectivity index (χ1) is 30.9. The number of ether oxygens (including phenoxy) is 2. The van der Waals surface area contributed by atoms with Crippen LogP contribution in [0.25, 0.3) is 0 Å². The third-order valence-corrected chi connectivity index (χ3v) is 13.0. The highest BCUT2D eigenvalue weighted by molar-refractivity contribution is 7.47. The molecular weight excluding hydrogens is 840 g/mol. The van der Waals surface area contributed by atoms with Crippen molar-refractivity contribution in [3.8, 4) is 0 Å². The van der Waals surface area contributed by atoms with Crippen LogP contribution in [-0.2, 0) is 32.7 Å². The normalized spacial score (nSPS) is 21.7. The molecule has 0 radical (unpaired) electrons. The Balaban J connectivity index is 2.36. The number of phosphoric ester groups is 1. The molecule has 0 aromatic rings. The number of hydrogen-bond acceptors (Lipinski definition) is 12. The van der Waals surface area contributed by atoms with Gasteiger partial charge in [0.25, 0.3) is 0 Å². The summed E-state index contributed by atoms with van der Waals surface area (Å²) in [5.41, 5.74) is 0. The van der Waals surface area contributed by atoms with Gasteiger partial charge in [-0.1, -0.05) is 173 Å². The Labute approximate surface area is 387 Å². The van der Waals surface area contributed by atoms with Crippen LogP contribution >= 0.6 is 7.82 Å². The number of carbonyl (C=O) groups excluding carboxylic acids is 2. The van der Waals surface area contributed by atoms with Crippen molar-refractivity contribution < 1.29 is 63.1 Å². The molecule has 0 spiro atoms. The van der Waals surface area contributed by atoms with Crippen molar-refractivity contribution in [2.24, 2.45) is 0 Å². The number of carbonyl (C=O) groups is 2. The first-order valence-electron chi connectivity index (χ1n) is 25.6. The predicted molar refractivity (Wildman–Crippen MR) is 254 cm³/mol. The van der Waals surface area contributed by atoms with Crippen LogP contribution in [0.1, 0.15) is 226 Å². The zero-order chi connectivity index (χ0) is 47.1. The number of aliphatic hydroxyl groups excluding tert-OH is 5. The molecule has 1 aliphatic carbocycles. The highest BCUT2D eigenvalue weighted by Crippen LogP contribution is 2.47. The lowest BCUT2D eigenvalue weighted by Crippen LogP contribution is -2.64. The van der Waals surface area contributed by atoms with Gasteiger partial charge >= 0.3 is 19.8 Å². The molecule has 1 aliphatic rings. The molecule has 6 unspecified atom stereocenters. The Morgan fingerprint density at radius 2 is 0.797 bits per heavy atom. The van der Waals surface area contributed by atoms with Crippen LogP contribution in [0.3, 0.4) is 0 Å². The lowest BCUT2D eigenvalue weighted by Gasteiger charge is -2.41. The molecule has 6 N–H and O–H groups in total. The molecule has 13 nitrogen and oxygen atoms in total. The first kappa shape index (κ1) is 60.3. The molecule has 14 heteroatoms. The van der Waals surface area contributed by atoms with E-state index < -0.39 is 75.7 Å². The van der Waals surface area contributed by atoms with E-state index >= 15 is 0 Å². The topological polar surface area (TPSA) is 210 Å². The molecule has 0 aliphatic heterocycles. The van der Waals surface area contributed by atoms with Crippen molar-refractivity contribution in [2.45, 2.75) is 268 Å². The maximum Gasteiger partial charge on any atom is 0.472 e. The van der Waals surface area contributed by atoms with E-state index in [1.807, 2.05) is 0 Å². The molecule has 6 atom stereocenters. The lowest BCUT2D eigenvalue weighted by molar-refractivity contribution is -0.220. The summed E-state index contributed by atoms with van der Waals surface area (Å²) in [6.45, 7) is 3.29. The minimum atomic E-state index is -5.12. The second-order valence-electron chi connectivity index (χ2n) is 18.0. The monoisotopic (exact) mass is 933 g/mol. The second kappa shape index (κ2) is 40.4. The van der Waals surface area contributed by atoms with Crippen molar-refractivity contribution >= 4 is 19.8 Å². The zero-order valence-electron chi connectivity index (χ0n) is 40.1. The van der Waals surface area contributed by atoms with Crippen LogP contribution in [0.2, 0.25) is 0 Å². The third-order valence-electron chi connectivity index (χ3n) is 12.0. The number of hydrogen-bond donors (Lipinski definition) is 6. The van der Waals surface area contributed by atoms with E-state index in [0.29, 0.717) is 12.8 Å². The number of esters is 2. The van der Waals surface area contributed by atoms with E-state index in [4.69, 9.17) is 18.5 Å². The third kappa shape index (κ3) is 32.1. The Hall–Kier alpha value is -1.67. The quantitative estimate of drug-likeness (QED) is 0.0146. The van der Waals surface area contributed by atoms with Gasteiger partial charge in [-0.2, -0.15) is 0 Å². The molecule has 376 valence electrons. The average molecular weight is 933 g/mol. The average Bonchev–Trinajstić information content (AvgIpc) is 3.28. The number of unbranched alkanes of at least 4 members (excludes halogenated alkanes) is 27. The highest BCUT2D eigenvalue weighted by atomic mass is 31.2. The summed E-state index contributed by atoms with van der Waals surface area (Å²) in [5.74, 6) is -1.10. The van der Waals surface area contributed by atoms with E-state index in [2.05, 4.69) is 38.2 Å². The Bertz CT molecular complexity index is 1220. The summed E-state index contributed by atoms with van der Waals surface area (Å²) in [6.07, 6.45) is 32.4. The molecule has 64 heavy (non-hydrogen) atoms. The van der Waals surface area contributed by atoms with Crippen molar-refractivity contribution in [1.82, 2.24) is 0 Å². The Morgan fingerprint density at radius 1 is 0.469 bits per heavy atom. The van der Waals surface area contributed by atoms with Gasteiger partial charge in [0.1, 0.15) is 43.2 Å². The molecule has 0 amide bonds. The Morgan fingerprint density at radius 3 is 1.22 bits per heavy atom. The maximum absolute atomic E-state index is 12.8. The van der Waals surface area contributed by atoms with E-state index in [9.17, 15) is 44.6 Å². The summed E-state index contributed by atoms with van der Waals surface area (Å²) >= 11 is 0. The van der Waals surface area contributed by atoms with Gasteiger partial charge < -0.3 is 39.9 Å². The predicted octanol–water partition coefficient (Wildman–Crippen LogP) is 10.8. The molecule has 0 saturated heterocycles. The summed E-state index contributed by atoms with van der Waals surface area (Å²) in [7, 11) is -5.12. The molecule has 0 aromatic carbocycles. The number of rotatable bonds is 43. The van der Waals surface area contributed by atoms with Crippen LogP contribution in [0, 0.1) is 0 Å². The molecule has 0 heterocycles. The fraction of sp³-hybridized carbons (Fsp3) is 0.880. The van der Waals surface area contributed by atoms with Gasteiger partial charge in [0.15, 0.2) is 6.10 Å². The highest BCUT2D eigenvalue weighted by Gasteiger charge is 2.51. The number of aliphatic hydroxyl groups is 5. The smallest absolute Gasteiger partial charge is 0.462 e. The zero-order valence-corrected chi connectivity index (χ0v) is 41.0. The molecule has 1 fully saturated rings. The molecule has 1 rings (SSSR count). The van der Waals surface area contributed by atoms with Gasteiger partial charge in [0.05, 0.1) is 6.61 Å².